The van der Waals surface area contributed by atoms with E-state index in [4.69, 9.17) is 0 Å². The quantitative estimate of drug-likeness (QED) is 0.586. The molecule has 0 saturated carbocycles. The number of hydrogen-bond acceptors (Lipinski definition) is 4. The number of hydrogen-bond donors (Lipinski definition) is 2. The summed E-state index contributed by atoms with van der Waals surface area (Å²) in [6, 6.07) is 8.86. The summed E-state index contributed by atoms with van der Waals surface area (Å²) in [7, 11) is 0. The molecule has 3 rings (SSSR count). The van der Waals surface area contributed by atoms with Crippen LogP contribution in [0.25, 0.3) is 0 Å². The number of anilines is 2. The second-order valence-electron chi connectivity index (χ2n) is 6.18. The number of benzene rings is 2. The van der Waals surface area contributed by atoms with E-state index in [0.29, 0.717) is 11.4 Å². The molecule has 6 nitrogen and oxygen atoms in total. The van der Waals surface area contributed by atoms with Crippen LogP contribution in [-0.2, 0) is 14.4 Å². The summed E-state index contributed by atoms with van der Waals surface area (Å²) in [4.78, 5) is 46.9. The minimum Gasteiger partial charge on any atom is -0.323 e. The molecule has 2 aromatic carbocycles. The second kappa shape index (κ2) is 8.87. The van der Waals surface area contributed by atoms with E-state index in [9.17, 15) is 28.0 Å². The molecule has 0 aliphatic heterocycles. The summed E-state index contributed by atoms with van der Waals surface area (Å²) < 4.78 is 26.2. The molecule has 2 amide bonds. The standard InChI is InChI=1S/C22H14F2N2O4/c23-18-8-1-14(12-19(18)24)22(30)26-16-5-3-15(4-6-16)25-21(29)10-2-13-11-17(27)7-9-20(13)28/h1-12H,(H,25,29)(H,26,30)/b10-2+. The van der Waals surface area contributed by atoms with E-state index in [1.807, 2.05) is 0 Å². The first kappa shape index (κ1) is 20.5. The molecule has 0 heterocycles. The Kier molecular flexibility index (Phi) is 6.07. The van der Waals surface area contributed by atoms with Crippen LogP contribution in [0.5, 0.6) is 0 Å². The van der Waals surface area contributed by atoms with Gasteiger partial charge in [-0.2, -0.15) is 0 Å². The number of carbonyl (C=O) groups excluding carboxylic acids is 4. The van der Waals surface area contributed by atoms with Crippen LogP contribution in [0.1, 0.15) is 10.4 Å². The number of nitrogens with one attached hydrogen (secondary N) is 2. The maximum atomic E-state index is 13.2. The lowest BCUT2D eigenvalue weighted by Crippen LogP contribution is -2.13. The fourth-order valence-electron chi connectivity index (χ4n) is 2.48. The lowest BCUT2D eigenvalue weighted by Gasteiger charge is -2.07. The molecule has 8 heteroatoms. The molecular formula is C22H14F2N2O4. The average molecular weight is 408 g/mol. The molecule has 2 N–H and O–H groups in total. The lowest BCUT2D eigenvalue weighted by molar-refractivity contribution is -0.114. The SMILES string of the molecule is O=C1C=CC(=O)C(/C=C/C(=O)Nc2ccc(NC(=O)c3ccc(F)c(F)c3)cc2)=C1. The van der Waals surface area contributed by atoms with Crippen molar-refractivity contribution < 1.29 is 28.0 Å². The predicted octanol–water partition coefficient (Wildman–Crippen LogP) is 3.35. The van der Waals surface area contributed by atoms with Crippen LogP contribution >= 0.6 is 0 Å². The molecular weight excluding hydrogens is 394 g/mol. The number of amides is 2. The van der Waals surface area contributed by atoms with Crippen LogP contribution in [0.2, 0.25) is 0 Å². The van der Waals surface area contributed by atoms with Gasteiger partial charge in [0.25, 0.3) is 5.91 Å². The fourth-order valence-corrected chi connectivity index (χ4v) is 2.48. The molecule has 0 radical (unpaired) electrons. The zero-order valence-corrected chi connectivity index (χ0v) is 15.3. The molecule has 150 valence electrons. The van der Waals surface area contributed by atoms with Crippen molar-refractivity contribution in [2.75, 3.05) is 10.6 Å². The van der Waals surface area contributed by atoms with Gasteiger partial charge in [0, 0.05) is 28.6 Å². The van der Waals surface area contributed by atoms with Crippen LogP contribution < -0.4 is 10.6 Å². The zero-order chi connectivity index (χ0) is 21.7. The maximum Gasteiger partial charge on any atom is 0.255 e. The Hall–Kier alpha value is -4.20. The molecule has 30 heavy (non-hydrogen) atoms. The number of allylic oxidation sites excluding steroid dienone is 5. The highest BCUT2D eigenvalue weighted by molar-refractivity contribution is 6.19. The van der Waals surface area contributed by atoms with Gasteiger partial charge in [-0.15, -0.1) is 0 Å². The van der Waals surface area contributed by atoms with Gasteiger partial charge in [0.2, 0.25) is 5.91 Å². The van der Waals surface area contributed by atoms with Crippen LogP contribution in [0.15, 0.2) is 78.4 Å². The number of halogens is 2. The van der Waals surface area contributed by atoms with E-state index >= 15 is 0 Å². The Morgan fingerprint density at radius 1 is 0.833 bits per heavy atom. The molecule has 1 aliphatic carbocycles. The normalized spacial score (nSPS) is 13.3. The largest absolute Gasteiger partial charge is 0.323 e. The summed E-state index contributed by atoms with van der Waals surface area (Å²) in [6.45, 7) is 0. The average Bonchev–Trinajstić information content (AvgIpc) is 2.72. The van der Waals surface area contributed by atoms with E-state index < -0.39 is 23.4 Å². The summed E-state index contributed by atoms with van der Waals surface area (Å²) in [6.07, 6.45) is 5.78. The second-order valence-corrected chi connectivity index (χ2v) is 6.18. The molecule has 0 bridgehead atoms. The summed E-state index contributed by atoms with van der Waals surface area (Å²) in [5.41, 5.74) is 0.848. The van der Waals surface area contributed by atoms with Crippen molar-refractivity contribution in [2.24, 2.45) is 0 Å². The highest BCUT2D eigenvalue weighted by Gasteiger charge is 2.11. The number of rotatable bonds is 5. The molecule has 0 spiro atoms. The first-order valence-electron chi connectivity index (χ1n) is 8.65. The molecule has 0 fully saturated rings. The smallest absolute Gasteiger partial charge is 0.255 e. The summed E-state index contributed by atoms with van der Waals surface area (Å²) >= 11 is 0. The van der Waals surface area contributed by atoms with Crippen molar-refractivity contribution in [2.45, 2.75) is 0 Å². The first-order valence-corrected chi connectivity index (χ1v) is 8.65. The van der Waals surface area contributed by atoms with Gasteiger partial charge in [0.15, 0.2) is 23.2 Å². The molecule has 0 unspecified atom stereocenters. The van der Waals surface area contributed by atoms with Gasteiger partial charge < -0.3 is 10.6 Å². The van der Waals surface area contributed by atoms with Crippen LogP contribution in [0, 0.1) is 11.6 Å². The molecule has 1 aliphatic rings. The molecule has 0 atom stereocenters. The molecule has 0 aromatic heterocycles. The van der Waals surface area contributed by atoms with Gasteiger partial charge in [-0.1, -0.05) is 0 Å². The van der Waals surface area contributed by atoms with E-state index in [2.05, 4.69) is 10.6 Å². The maximum absolute atomic E-state index is 13.2. The summed E-state index contributed by atoms with van der Waals surface area (Å²) in [5.74, 6) is -4.03. The lowest BCUT2D eigenvalue weighted by atomic mass is 10.0. The van der Waals surface area contributed by atoms with E-state index in [-0.39, 0.29) is 22.7 Å². The third kappa shape index (κ3) is 5.20. The molecule has 0 saturated heterocycles. The Balaban J connectivity index is 1.59. The minimum atomic E-state index is -1.13. The first-order chi connectivity index (χ1) is 14.3. The number of ketones is 2. The van der Waals surface area contributed by atoms with Crippen molar-refractivity contribution in [3.05, 3.63) is 95.6 Å². The van der Waals surface area contributed by atoms with Gasteiger partial charge >= 0.3 is 0 Å². The third-order valence-electron chi connectivity index (χ3n) is 3.99. The highest BCUT2D eigenvalue weighted by atomic mass is 19.2. The van der Waals surface area contributed by atoms with Crippen LogP contribution in [0.4, 0.5) is 20.2 Å². The van der Waals surface area contributed by atoms with Crippen molar-refractivity contribution in [1.29, 1.82) is 0 Å². The fraction of sp³-hybridized carbons (Fsp3) is 0. The van der Waals surface area contributed by atoms with Crippen LogP contribution in [-0.4, -0.2) is 23.4 Å². The van der Waals surface area contributed by atoms with Crippen molar-refractivity contribution >= 4 is 34.8 Å². The Bertz CT molecular complexity index is 1130. The molecule has 2 aromatic rings. The van der Waals surface area contributed by atoms with Gasteiger partial charge in [-0.3, -0.25) is 19.2 Å². The zero-order valence-electron chi connectivity index (χ0n) is 15.3. The number of carbonyl (C=O) groups is 4. The van der Waals surface area contributed by atoms with Gasteiger partial charge in [-0.05, 0) is 66.8 Å². The summed E-state index contributed by atoms with van der Waals surface area (Å²) in [5, 5.41) is 5.09. The van der Waals surface area contributed by atoms with Gasteiger partial charge in [-0.25, -0.2) is 8.78 Å². The van der Waals surface area contributed by atoms with Crippen molar-refractivity contribution in [1.82, 2.24) is 0 Å². The predicted molar refractivity (Wildman–Crippen MR) is 106 cm³/mol. The topological polar surface area (TPSA) is 92.3 Å². The van der Waals surface area contributed by atoms with E-state index in [0.717, 1.165) is 42.5 Å². The van der Waals surface area contributed by atoms with Crippen LogP contribution in [0.3, 0.4) is 0 Å². The van der Waals surface area contributed by atoms with Crippen molar-refractivity contribution in [3.8, 4) is 0 Å². The van der Waals surface area contributed by atoms with E-state index in [1.54, 1.807) is 0 Å². The third-order valence-corrected chi connectivity index (χ3v) is 3.99. The Morgan fingerprint density at radius 2 is 1.50 bits per heavy atom. The Morgan fingerprint density at radius 3 is 2.17 bits per heavy atom. The minimum absolute atomic E-state index is 0.0451. The van der Waals surface area contributed by atoms with Gasteiger partial charge in [0.1, 0.15) is 0 Å². The highest BCUT2D eigenvalue weighted by Crippen LogP contribution is 2.16. The van der Waals surface area contributed by atoms with E-state index in [1.165, 1.54) is 30.3 Å². The monoisotopic (exact) mass is 408 g/mol. The Labute approximate surface area is 169 Å². The van der Waals surface area contributed by atoms with Crippen molar-refractivity contribution in [3.63, 3.8) is 0 Å². The van der Waals surface area contributed by atoms with Gasteiger partial charge in [0.05, 0.1) is 0 Å².